The summed E-state index contributed by atoms with van der Waals surface area (Å²) in [5, 5.41) is 10.2. The van der Waals surface area contributed by atoms with Crippen molar-refractivity contribution < 1.29 is 9.59 Å². The first kappa shape index (κ1) is 18.1. The summed E-state index contributed by atoms with van der Waals surface area (Å²) >= 11 is 1.56. The number of rotatable bonds is 3. The summed E-state index contributed by atoms with van der Waals surface area (Å²) in [5.41, 5.74) is 2.32. The number of fused-ring (bicyclic) bond motifs is 3. The van der Waals surface area contributed by atoms with E-state index in [-0.39, 0.29) is 18.4 Å². The van der Waals surface area contributed by atoms with Gasteiger partial charge in [-0.1, -0.05) is 0 Å². The fourth-order valence-corrected chi connectivity index (χ4v) is 5.50. The third kappa shape index (κ3) is 3.06. The Bertz CT molecular complexity index is 1050. The maximum Gasteiger partial charge on any atom is 0.257 e. The normalized spacial score (nSPS) is 19.0. The summed E-state index contributed by atoms with van der Waals surface area (Å²) in [5.74, 6) is 1.16. The van der Waals surface area contributed by atoms with E-state index < -0.39 is 0 Å². The van der Waals surface area contributed by atoms with Crippen LogP contribution in [0.4, 0.5) is 10.8 Å². The quantitative estimate of drug-likeness (QED) is 0.781. The van der Waals surface area contributed by atoms with Crippen molar-refractivity contribution in [1.29, 1.82) is 5.26 Å². The molecule has 2 aromatic rings. The molecule has 0 saturated heterocycles. The van der Waals surface area contributed by atoms with Crippen LogP contribution in [0.1, 0.15) is 39.2 Å². The van der Waals surface area contributed by atoms with Crippen LogP contribution in [0.2, 0.25) is 0 Å². The van der Waals surface area contributed by atoms with E-state index in [1.165, 1.54) is 0 Å². The number of hydrogen-bond acceptors (Lipinski definition) is 6. The zero-order valence-corrected chi connectivity index (χ0v) is 17.0. The predicted octanol–water partition coefficient (Wildman–Crippen LogP) is 2.41. The molecule has 7 nitrogen and oxygen atoms in total. The van der Waals surface area contributed by atoms with Gasteiger partial charge < -0.3 is 14.7 Å². The molecule has 4 heterocycles. The highest BCUT2D eigenvalue weighted by atomic mass is 32.1. The maximum atomic E-state index is 13.1. The minimum Gasteiger partial charge on any atom is -0.350 e. The summed E-state index contributed by atoms with van der Waals surface area (Å²) in [6.45, 7) is 2.12. The molecule has 0 N–H and O–H groups in total. The monoisotopic (exact) mass is 407 g/mol. The minimum absolute atomic E-state index is 0.00144. The van der Waals surface area contributed by atoms with E-state index in [0.29, 0.717) is 48.9 Å². The van der Waals surface area contributed by atoms with Crippen LogP contribution in [0.3, 0.4) is 0 Å². The molecule has 0 bridgehead atoms. The predicted molar refractivity (Wildman–Crippen MR) is 110 cm³/mol. The van der Waals surface area contributed by atoms with Crippen molar-refractivity contribution in [3.05, 3.63) is 39.9 Å². The molecular weight excluding hydrogens is 386 g/mol. The van der Waals surface area contributed by atoms with Crippen LogP contribution in [0, 0.1) is 17.2 Å². The average Bonchev–Trinajstić information content (AvgIpc) is 3.49. The smallest absolute Gasteiger partial charge is 0.257 e. The van der Waals surface area contributed by atoms with Crippen molar-refractivity contribution in [3.63, 3.8) is 0 Å². The summed E-state index contributed by atoms with van der Waals surface area (Å²) in [6, 6.07) is 5.75. The standard InChI is InChI=1S/C21H21N5O2S/c1-24-12-17(27)26(10-13-4-5-13)21-18(20(24)28)15-6-8-25(11-16(15)29-21)19-14(9-22)3-2-7-23-19/h2-3,7,13H,4-6,8,10-12H2,1H3. The van der Waals surface area contributed by atoms with Crippen LogP contribution in [0.5, 0.6) is 0 Å². The highest BCUT2D eigenvalue weighted by Crippen LogP contribution is 2.43. The Hall–Kier alpha value is -2.92. The van der Waals surface area contributed by atoms with Crippen molar-refractivity contribution in [3.8, 4) is 6.07 Å². The Kier molecular flexibility index (Phi) is 4.28. The fourth-order valence-electron chi connectivity index (χ4n) is 4.12. The number of anilines is 2. The molecule has 0 spiro atoms. The number of amides is 2. The van der Waals surface area contributed by atoms with Gasteiger partial charge in [0.15, 0.2) is 0 Å². The number of pyridine rings is 1. The van der Waals surface area contributed by atoms with Gasteiger partial charge in [-0.2, -0.15) is 5.26 Å². The second-order valence-electron chi connectivity index (χ2n) is 7.95. The summed E-state index contributed by atoms with van der Waals surface area (Å²) in [7, 11) is 1.71. The summed E-state index contributed by atoms with van der Waals surface area (Å²) < 4.78 is 0. The van der Waals surface area contributed by atoms with Gasteiger partial charge >= 0.3 is 0 Å². The van der Waals surface area contributed by atoms with E-state index in [9.17, 15) is 14.9 Å². The van der Waals surface area contributed by atoms with Gasteiger partial charge in [0, 0.05) is 31.2 Å². The van der Waals surface area contributed by atoms with Crippen LogP contribution in [-0.4, -0.2) is 48.4 Å². The number of likely N-dealkylation sites (N-methyl/N-ethyl adjacent to an activating group) is 1. The Morgan fingerprint density at radius 1 is 1.31 bits per heavy atom. The van der Waals surface area contributed by atoms with Crippen molar-refractivity contribution in [2.24, 2.45) is 5.92 Å². The molecule has 148 valence electrons. The molecule has 2 aliphatic heterocycles. The number of aromatic nitrogens is 1. The molecule has 3 aliphatic rings. The number of carbonyl (C=O) groups is 2. The van der Waals surface area contributed by atoms with Crippen LogP contribution in [0.25, 0.3) is 0 Å². The van der Waals surface area contributed by atoms with Gasteiger partial charge in [0.2, 0.25) is 5.91 Å². The lowest BCUT2D eigenvalue weighted by atomic mass is 10.0. The van der Waals surface area contributed by atoms with Gasteiger partial charge in [0.25, 0.3) is 5.91 Å². The lowest BCUT2D eigenvalue weighted by Gasteiger charge is -2.29. The Morgan fingerprint density at radius 3 is 2.90 bits per heavy atom. The van der Waals surface area contributed by atoms with Crippen molar-refractivity contribution >= 4 is 34.0 Å². The van der Waals surface area contributed by atoms with Crippen LogP contribution >= 0.6 is 11.3 Å². The van der Waals surface area contributed by atoms with E-state index in [0.717, 1.165) is 28.3 Å². The molecule has 0 unspecified atom stereocenters. The van der Waals surface area contributed by atoms with E-state index in [4.69, 9.17) is 0 Å². The van der Waals surface area contributed by atoms with Gasteiger partial charge in [0.05, 0.1) is 17.7 Å². The topological polar surface area (TPSA) is 80.5 Å². The van der Waals surface area contributed by atoms with Gasteiger partial charge in [-0.3, -0.25) is 9.59 Å². The largest absolute Gasteiger partial charge is 0.350 e. The molecule has 2 amide bonds. The molecule has 0 atom stereocenters. The Balaban J connectivity index is 1.55. The lowest BCUT2D eigenvalue weighted by Crippen LogP contribution is -2.38. The number of nitriles is 1. The molecule has 1 saturated carbocycles. The number of hydrogen-bond donors (Lipinski definition) is 0. The SMILES string of the molecule is CN1CC(=O)N(CC2CC2)c2sc3c(c2C1=O)CCN(c1ncccc1C#N)C3. The maximum absolute atomic E-state index is 13.1. The van der Waals surface area contributed by atoms with E-state index in [2.05, 4.69) is 16.0 Å². The third-order valence-corrected chi connectivity index (χ3v) is 7.10. The van der Waals surface area contributed by atoms with E-state index in [1.54, 1.807) is 41.6 Å². The van der Waals surface area contributed by atoms with E-state index in [1.807, 2.05) is 4.90 Å². The van der Waals surface area contributed by atoms with Gasteiger partial charge in [-0.05, 0) is 42.9 Å². The van der Waals surface area contributed by atoms with Gasteiger partial charge in [-0.25, -0.2) is 4.98 Å². The average molecular weight is 407 g/mol. The first-order chi connectivity index (χ1) is 14.1. The van der Waals surface area contributed by atoms with Crippen molar-refractivity contribution in [2.45, 2.75) is 25.8 Å². The Labute approximate surface area is 173 Å². The first-order valence-electron chi connectivity index (χ1n) is 9.87. The summed E-state index contributed by atoms with van der Waals surface area (Å²) in [4.78, 5) is 37.0. The molecule has 1 fully saturated rings. The Morgan fingerprint density at radius 2 is 2.14 bits per heavy atom. The van der Waals surface area contributed by atoms with Crippen LogP contribution < -0.4 is 9.80 Å². The summed E-state index contributed by atoms with van der Waals surface area (Å²) in [6.07, 6.45) is 4.70. The van der Waals surface area contributed by atoms with Crippen molar-refractivity contribution in [1.82, 2.24) is 9.88 Å². The molecule has 8 heteroatoms. The second kappa shape index (κ2) is 6.85. The molecule has 1 aliphatic carbocycles. The first-order valence-corrected chi connectivity index (χ1v) is 10.7. The highest BCUT2D eigenvalue weighted by molar-refractivity contribution is 7.17. The third-order valence-electron chi connectivity index (χ3n) is 5.86. The van der Waals surface area contributed by atoms with Gasteiger partial charge in [-0.15, -0.1) is 11.3 Å². The molecule has 5 rings (SSSR count). The molecule has 2 aromatic heterocycles. The minimum atomic E-state index is -0.0619. The zero-order chi connectivity index (χ0) is 20.1. The van der Waals surface area contributed by atoms with Crippen molar-refractivity contribution in [2.75, 3.05) is 36.5 Å². The van der Waals surface area contributed by atoms with Crippen LogP contribution in [-0.2, 0) is 17.8 Å². The molecule has 29 heavy (non-hydrogen) atoms. The fraction of sp³-hybridized carbons (Fsp3) is 0.429. The number of nitrogens with zero attached hydrogens (tertiary/aromatic N) is 5. The molecule has 0 aromatic carbocycles. The lowest BCUT2D eigenvalue weighted by molar-refractivity contribution is -0.119. The van der Waals surface area contributed by atoms with Crippen LogP contribution in [0.15, 0.2) is 18.3 Å². The second-order valence-corrected chi connectivity index (χ2v) is 9.03. The zero-order valence-electron chi connectivity index (χ0n) is 16.2. The number of carbonyl (C=O) groups excluding carboxylic acids is 2. The highest BCUT2D eigenvalue weighted by Gasteiger charge is 2.39. The molecular formula is C21H21N5O2S. The van der Waals surface area contributed by atoms with E-state index >= 15 is 0 Å². The molecule has 0 radical (unpaired) electrons. The van der Waals surface area contributed by atoms with Gasteiger partial charge in [0.1, 0.15) is 23.4 Å². The number of thiophene rings is 1.